The summed E-state index contributed by atoms with van der Waals surface area (Å²) in [6, 6.07) is -0.368. The molecule has 0 aromatic carbocycles. The smallest absolute Gasteiger partial charge is 0.280 e. The number of aromatic nitrogens is 3. The Kier molecular flexibility index (Phi) is 5.90. The van der Waals surface area contributed by atoms with Crippen molar-refractivity contribution in [3.63, 3.8) is 0 Å². The molecule has 0 unspecified atom stereocenters. The SMILES string of the molecule is CC[C@@H](NS(=O)(=O)N1CCC(OC)CC1)c1ncnn1CC. The van der Waals surface area contributed by atoms with Gasteiger partial charge in [-0.2, -0.15) is 22.5 Å². The predicted octanol–water partition coefficient (Wildman–Crippen LogP) is 0.694. The molecule has 0 radical (unpaired) electrons. The van der Waals surface area contributed by atoms with Gasteiger partial charge in [0.25, 0.3) is 10.2 Å². The number of ether oxygens (including phenoxy) is 1. The Morgan fingerprint density at radius 3 is 2.64 bits per heavy atom. The first kappa shape index (κ1) is 17.3. The molecule has 2 heterocycles. The summed E-state index contributed by atoms with van der Waals surface area (Å²) in [7, 11) is -1.87. The van der Waals surface area contributed by atoms with Crippen LogP contribution >= 0.6 is 0 Å². The van der Waals surface area contributed by atoms with Crippen LogP contribution in [0.25, 0.3) is 0 Å². The van der Waals surface area contributed by atoms with Crippen molar-refractivity contribution < 1.29 is 13.2 Å². The molecule has 1 atom stereocenters. The van der Waals surface area contributed by atoms with Crippen molar-refractivity contribution in [3.05, 3.63) is 12.2 Å². The maximum absolute atomic E-state index is 12.6. The van der Waals surface area contributed by atoms with Crippen LogP contribution in [0, 0.1) is 0 Å². The van der Waals surface area contributed by atoms with Crippen molar-refractivity contribution >= 4 is 10.2 Å². The fourth-order valence-electron chi connectivity index (χ4n) is 2.67. The Hall–Kier alpha value is -1.03. The van der Waals surface area contributed by atoms with Crippen molar-refractivity contribution in [2.24, 2.45) is 0 Å². The second-order valence-electron chi connectivity index (χ2n) is 5.35. The van der Waals surface area contributed by atoms with Crippen LogP contribution in [0.2, 0.25) is 0 Å². The lowest BCUT2D eigenvalue weighted by Gasteiger charge is -2.31. The minimum absolute atomic E-state index is 0.150. The van der Waals surface area contributed by atoms with Crippen LogP contribution in [0.1, 0.15) is 45.0 Å². The summed E-state index contributed by atoms with van der Waals surface area (Å²) < 4.78 is 36.4. The van der Waals surface area contributed by atoms with Crippen molar-refractivity contribution in [3.8, 4) is 0 Å². The van der Waals surface area contributed by atoms with E-state index in [0.29, 0.717) is 31.9 Å². The van der Waals surface area contributed by atoms with Crippen LogP contribution in [-0.4, -0.2) is 53.8 Å². The quantitative estimate of drug-likeness (QED) is 0.794. The lowest BCUT2D eigenvalue weighted by molar-refractivity contribution is 0.0601. The molecule has 22 heavy (non-hydrogen) atoms. The summed E-state index contributed by atoms with van der Waals surface area (Å²) in [5, 5.41) is 4.11. The highest BCUT2D eigenvalue weighted by Gasteiger charge is 2.31. The van der Waals surface area contributed by atoms with Crippen LogP contribution in [-0.2, 0) is 21.5 Å². The molecule has 8 nitrogen and oxygen atoms in total. The van der Waals surface area contributed by atoms with Gasteiger partial charge in [0.1, 0.15) is 12.2 Å². The molecule has 9 heteroatoms. The molecule has 0 bridgehead atoms. The van der Waals surface area contributed by atoms with Gasteiger partial charge in [-0.1, -0.05) is 6.92 Å². The lowest BCUT2D eigenvalue weighted by atomic mass is 10.1. The third kappa shape index (κ3) is 3.83. The largest absolute Gasteiger partial charge is 0.381 e. The molecule has 0 spiro atoms. The van der Waals surface area contributed by atoms with E-state index < -0.39 is 10.2 Å². The van der Waals surface area contributed by atoms with E-state index in [1.54, 1.807) is 11.8 Å². The molecule has 0 saturated carbocycles. The molecule has 1 saturated heterocycles. The van der Waals surface area contributed by atoms with E-state index in [1.165, 1.54) is 10.6 Å². The molecule has 1 aromatic heterocycles. The minimum Gasteiger partial charge on any atom is -0.381 e. The first-order valence-electron chi connectivity index (χ1n) is 7.69. The van der Waals surface area contributed by atoms with Crippen molar-refractivity contribution in [2.45, 2.75) is 51.8 Å². The van der Waals surface area contributed by atoms with Crippen LogP contribution < -0.4 is 4.72 Å². The van der Waals surface area contributed by atoms with Crippen LogP contribution in [0.4, 0.5) is 0 Å². The number of hydrogen-bond donors (Lipinski definition) is 1. The van der Waals surface area contributed by atoms with Gasteiger partial charge in [0.2, 0.25) is 0 Å². The second kappa shape index (κ2) is 7.49. The van der Waals surface area contributed by atoms with Gasteiger partial charge < -0.3 is 4.74 Å². The Morgan fingerprint density at radius 2 is 2.09 bits per heavy atom. The summed E-state index contributed by atoms with van der Waals surface area (Å²) in [5.74, 6) is 0.653. The highest BCUT2D eigenvalue weighted by atomic mass is 32.2. The summed E-state index contributed by atoms with van der Waals surface area (Å²) in [4.78, 5) is 4.20. The van der Waals surface area contributed by atoms with Crippen LogP contribution in [0.5, 0.6) is 0 Å². The Bertz CT molecular complexity index is 566. The molecule has 126 valence electrons. The predicted molar refractivity (Wildman–Crippen MR) is 82.4 cm³/mol. The van der Waals surface area contributed by atoms with Crippen LogP contribution in [0.3, 0.4) is 0 Å². The van der Waals surface area contributed by atoms with Crippen molar-refractivity contribution in [1.29, 1.82) is 0 Å². The van der Waals surface area contributed by atoms with Gasteiger partial charge in [0, 0.05) is 26.7 Å². The number of methoxy groups -OCH3 is 1. The van der Waals surface area contributed by atoms with Gasteiger partial charge >= 0.3 is 0 Å². The van der Waals surface area contributed by atoms with Crippen LogP contribution in [0.15, 0.2) is 6.33 Å². The summed E-state index contributed by atoms with van der Waals surface area (Å²) in [6.45, 7) is 5.50. The fourth-order valence-corrected chi connectivity index (χ4v) is 4.14. The number of nitrogens with zero attached hydrogens (tertiary/aromatic N) is 4. The molecule has 1 aliphatic rings. The molecular formula is C13H25N5O3S. The third-order valence-corrected chi connectivity index (χ3v) is 5.66. The first-order valence-corrected chi connectivity index (χ1v) is 9.13. The third-order valence-electron chi connectivity index (χ3n) is 4.03. The van der Waals surface area contributed by atoms with Gasteiger partial charge in [0.05, 0.1) is 12.1 Å². The molecule has 1 fully saturated rings. The van der Waals surface area contributed by atoms with E-state index in [0.717, 1.165) is 12.8 Å². The topological polar surface area (TPSA) is 89.3 Å². The van der Waals surface area contributed by atoms with E-state index in [1.807, 2.05) is 13.8 Å². The average Bonchev–Trinajstić information content (AvgIpc) is 3.01. The van der Waals surface area contributed by atoms with E-state index in [-0.39, 0.29) is 12.1 Å². The highest BCUT2D eigenvalue weighted by molar-refractivity contribution is 7.87. The molecular weight excluding hydrogens is 306 g/mol. The van der Waals surface area contributed by atoms with E-state index >= 15 is 0 Å². The van der Waals surface area contributed by atoms with Gasteiger partial charge in [-0.15, -0.1) is 0 Å². The van der Waals surface area contributed by atoms with Gasteiger partial charge in [0.15, 0.2) is 0 Å². The summed E-state index contributed by atoms with van der Waals surface area (Å²) >= 11 is 0. The van der Waals surface area contributed by atoms with E-state index in [2.05, 4.69) is 14.8 Å². The number of aryl methyl sites for hydroxylation is 1. The number of rotatable bonds is 7. The van der Waals surface area contributed by atoms with Gasteiger partial charge in [-0.05, 0) is 26.2 Å². The number of piperidine rings is 1. The zero-order valence-corrected chi connectivity index (χ0v) is 14.2. The Balaban J connectivity index is 2.07. The number of nitrogens with one attached hydrogen (secondary N) is 1. The molecule has 2 rings (SSSR count). The molecule has 1 N–H and O–H groups in total. The second-order valence-corrected chi connectivity index (χ2v) is 7.05. The molecule has 0 aliphatic carbocycles. The highest BCUT2D eigenvalue weighted by Crippen LogP contribution is 2.19. The average molecular weight is 331 g/mol. The molecule has 1 aliphatic heterocycles. The molecule has 0 amide bonds. The van der Waals surface area contributed by atoms with Crippen molar-refractivity contribution in [1.82, 2.24) is 23.8 Å². The maximum Gasteiger partial charge on any atom is 0.280 e. The van der Waals surface area contributed by atoms with Crippen molar-refractivity contribution in [2.75, 3.05) is 20.2 Å². The maximum atomic E-state index is 12.6. The fraction of sp³-hybridized carbons (Fsp3) is 0.846. The van der Waals surface area contributed by atoms with E-state index in [4.69, 9.17) is 4.74 Å². The monoisotopic (exact) mass is 331 g/mol. The summed E-state index contributed by atoms with van der Waals surface area (Å²) in [6.07, 6.45) is 3.67. The standard InChI is InChI=1S/C13H25N5O3S/c1-4-12(13-14-10-15-18(13)5-2)16-22(19,20)17-8-6-11(21-3)7-9-17/h10-12,16H,4-9H2,1-3H3/t12-/m1/s1. The normalized spacial score (nSPS) is 19.4. The lowest BCUT2D eigenvalue weighted by Crippen LogP contribution is -2.47. The zero-order chi connectivity index (χ0) is 16.2. The Morgan fingerprint density at radius 1 is 1.41 bits per heavy atom. The van der Waals surface area contributed by atoms with E-state index in [9.17, 15) is 8.42 Å². The molecule has 1 aromatic rings. The minimum atomic E-state index is -3.53. The van der Waals surface area contributed by atoms with Gasteiger partial charge in [-0.25, -0.2) is 9.67 Å². The summed E-state index contributed by atoms with van der Waals surface area (Å²) in [5.41, 5.74) is 0. The van der Waals surface area contributed by atoms with Gasteiger partial charge in [-0.3, -0.25) is 0 Å². The zero-order valence-electron chi connectivity index (χ0n) is 13.4. The Labute approximate surface area is 132 Å². The first-order chi connectivity index (χ1) is 10.5. The number of hydrogen-bond acceptors (Lipinski definition) is 5.